The Balaban J connectivity index is -0.000000137. The minimum absolute atomic E-state index is 0.0478. The molecular formula is C106H207F27. The molecule has 0 aromatic carbocycles. The average molecular weight is 1990 g/mol. The van der Waals surface area contributed by atoms with E-state index in [1.54, 1.807) is 90.0 Å². The van der Waals surface area contributed by atoms with Gasteiger partial charge in [0.2, 0.25) is 0 Å². The van der Waals surface area contributed by atoms with Crippen LogP contribution < -0.4 is 0 Å². The van der Waals surface area contributed by atoms with E-state index in [0.717, 1.165) is 5.92 Å². The van der Waals surface area contributed by atoms with Crippen molar-refractivity contribution in [3.8, 4) is 0 Å². The predicted octanol–water partition coefficient (Wildman–Crippen LogP) is 45.6. The lowest BCUT2D eigenvalue weighted by atomic mass is 9.60. The van der Waals surface area contributed by atoms with E-state index in [1.807, 2.05) is 104 Å². The molecule has 820 valence electrons. The molecule has 0 aromatic heterocycles. The van der Waals surface area contributed by atoms with Crippen molar-refractivity contribution < 1.29 is 119 Å². The fraction of sp³-hybridized carbons (Fsp3) is 1.00. The minimum atomic E-state index is -4.12. The van der Waals surface area contributed by atoms with Gasteiger partial charge >= 0.3 is 55.6 Å². The molecule has 0 aliphatic rings. The van der Waals surface area contributed by atoms with Crippen LogP contribution in [-0.2, 0) is 0 Å². The maximum absolute atomic E-state index is 13.1. The van der Waals surface area contributed by atoms with Crippen molar-refractivity contribution in [2.75, 3.05) is 0 Å². The van der Waals surface area contributed by atoms with Crippen LogP contribution in [0, 0.1) is 130 Å². The van der Waals surface area contributed by atoms with Gasteiger partial charge in [0.15, 0.2) is 0 Å². The van der Waals surface area contributed by atoms with Crippen LogP contribution in [0.4, 0.5) is 119 Å². The Morgan fingerprint density at radius 2 is 0.406 bits per heavy atom. The van der Waals surface area contributed by atoms with E-state index < -0.39 is 110 Å². The summed E-state index contributed by atoms with van der Waals surface area (Å²) in [6.45, 7) is 87.9. The van der Waals surface area contributed by atoms with Gasteiger partial charge in [-0.2, -0.15) is 119 Å². The van der Waals surface area contributed by atoms with Gasteiger partial charge in [-0.25, -0.2) is 0 Å². The molecule has 0 N–H and O–H groups in total. The lowest BCUT2D eigenvalue weighted by Gasteiger charge is -2.46. The summed E-state index contributed by atoms with van der Waals surface area (Å²) in [5, 5.41) is 0. The van der Waals surface area contributed by atoms with Crippen LogP contribution in [0.1, 0.15) is 500 Å². The summed E-state index contributed by atoms with van der Waals surface area (Å²) in [5.74, 6) is -0.402. The monoisotopic (exact) mass is 1990 g/mol. The van der Waals surface area contributed by atoms with Gasteiger partial charge in [-0.15, -0.1) is 0 Å². The SMILES string of the molecule is CC(C)C(C(C)C)C(C)(C)C(F)(F)F.CCC(C)(CC)C(C)(C)C.CCC(C)(CC)C(F)(F)F.CCC(C)(CC)[C@](C)(CC)C(F)(F)F.CCC(CC)C(C)(C)C.CCC(CC)[C@](C)(CC)C(F)(F)F.CCCC(C)(CCC)C(F)(F)F.CCC[C@@](C)(C(CC)CC)C(F)(F)F.CCC[C@](C)(CC)C(F)(F)F.CC[C@@](C)(C(C(C)C)C(C)C)C(F)(F)F.CC[C@@](C)(C(C)C)C(F)(F)F. The molecule has 0 aromatic rings. The highest BCUT2D eigenvalue weighted by molar-refractivity contribution is 4.97. The predicted molar refractivity (Wildman–Crippen MR) is 514 cm³/mol. The molecule has 0 radical (unpaired) electrons. The van der Waals surface area contributed by atoms with Crippen LogP contribution in [0.3, 0.4) is 0 Å². The molecule has 133 heavy (non-hydrogen) atoms. The van der Waals surface area contributed by atoms with Crippen molar-refractivity contribution in [2.45, 2.75) is 555 Å². The quantitative estimate of drug-likeness (QED) is 0.0555. The van der Waals surface area contributed by atoms with E-state index >= 15 is 0 Å². The minimum Gasteiger partial charge on any atom is -0.171 e. The highest BCUT2D eigenvalue weighted by atomic mass is 19.4. The molecule has 0 nitrogen and oxygen atoms in total. The first kappa shape index (κ1) is 154. The fourth-order valence-corrected chi connectivity index (χ4v) is 18.7. The van der Waals surface area contributed by atoms with Crippen LogP contribution >= 0.6 is 0 Å². The van der Waals surface area contributed by atoms with Gasteiger partial charge in [0.25, 0.3) is 0 Å². The third kappa shape index (κ3) is 48.4. The second kappa shape index (κ2) is 63.3. The molecule has 0 aliphatic heterocycles. The van der Waals surface area contributed by atoms with E-state index in [4.69, 9.17) is 0 Å². The number of hydrogen-bond acceptors (Lipinski definition) is 0. The third-order valence-corrected chi connectivity index (χ3v) is 32.4. The molecule has 0 saturated heterocycles. The first-order chi connectivity index (χ1) is 58.7. The van der Waals surface area contributed by atoms with Crippen molar-refractivity contribution in [3.05, 3.63) is 0 Å². The van der Waals surface area contributed by atoms with Gasteiger partial charge in [0, 0.05) is 0 Å². The Labute approximate surface area is 800 Å². The molecule has 0 spiro atoms. The van der Waals surface area contributed by atoms with Gasteiger partial charge in [0.1, 0.15) is 0 Å². The molecule has 0 saturated carbocycles. The van der Waals surface area contributed by atoms with E-state index in [-0.39, 0.29) is 124 Å². The lowest BCUT2D eigenvalue weighted by molar-refractivity contribution is -0.259. The zero-order valence-electron chi connectivity index (χ0n) is 93.7. The summed E-state index contributed by atoms with van der Waals surface area (Å²) in [7, 11) is 0. The first-order valence-corrected chi connectivity index (χ1v) is 50.3. The summed E-state index contributed by atoms with van der Waals surface area (Å²) in [4.78, 5) is 0. The molecule has 27 heteroatoms. The summed E-state index contributed by atoms with van der Waals surface area (Å²) in [5.41, 5.74) is -12.8. The second-order valence-electron chi connectivity index (χ2n) is 44.2. The second-order valence-corrected chi connectivity index (χ2v) is 44.2. The number of halogens is 27. The first-order valence-electron chi connectivity index (χ1n) is 50.3. The van der Waals surface area contributed by atoms with Gasteiger partial charge in [-0.3, -0.25) is 0 Å². The van der Waals surface area contributed by atoms with E-state index in [1.165, 1.54) is 94.9 Å². The largest absolute Gasteiger partial charge is 0.394 e. The molecule has 0 amide bonds. The Morgan fingerprint density at radius 3 is 0.481 bits per heavy atom. The van der Waals surface area contributed by atoms with Gasteiger partial charge in [-0.1, -0.05) is 416 Å². The number of alkyl halides is 27. The lowest BCUT2D eigenvalue weighted by Crippen LogP contribution is -2.47. The zero-order valence-corrected chi connectivity index (χ0v) is 93.7. The van der Waals surface area contributed by atoms with Crippen molar-refractivity contribution in [3.63, 3.8) is 0 Å². The van der Waals surface area contributed by atoms with Crippen molar-refractivity contribution in [1.29, 1.82) is 0 Å². The molecule has 0 heterocycles. The van der Waals surface area contributed by atoms with Crippen molar-refractivity contribution in [1.82, 2.24) is 0 Å². The highest BCUT2D eigenvalue weighted by Crippen LogP contribution is 2.59. The Bertz CT molecular complexity index is 2720. The molecule has 0 fully saturated rings. The zero-order chi connectivity index (χ0) is 110. The summed E-state index contributed by atoms with van der Waals surface area (Å²) < 4.78 is 341. The summed E-state index contributed by atoms with van der Waals surface area (Å²) in [6, 6.07) is 0. The molecule has 0 unspecified atom stereocenters. The van der Waals surface area contributed by atoms with Crippen LogP contribution in [0.5, 0.6) is 0 Å². The Kier molecular flexibility index (Phi) is 73.2. The summed E-state index contributed by atoms with van der Waals surface area (Å²) in [6.07, 6.45) is -23.5. The topological polar surface area (TPSA) is 0 Å². The molecular weight excluding hydrogens is 1790 g/mol. The number of rotatable bonds is 35. The van der Waals surface area contributed by atoms with Gasteiger partial charge in [0.05, 0.1) is 48.7 Å². The molecule has 0 aliphatic carbocycles. The smallest absolute Gasteiger partial charge is 0.171 e. The van der Waals surface area contributed by atoms with Crippen molar-refractivity contribution >= 4 is 0 Å². The van der Waals surface area contributed by atoms with E-state index in [2.05, 4.69) is 76.2 Å². The maximum Gasteiger partial charge on any atom is 0.394 e. The third-order valence-electron chi connectivity index (χ3n) is 32.4. The van der Waals surface area contributed by atoms with Crippen LogP contribution in [0.25, 0.3) is 0 Å². The van der Waals surface area contributed by atoms with E-state index in [0.29, 0.717) is 80.5 Å². The van der Waals surface area contributed by atoms with Crippen molar-refractivity contribution in [2.24, 2.45) is 130 Å². The van der Waals surface area contributed by atoms with Crippen LogP contribution in [0.2, 0.25) is 0 Å². The van der Waals surface area contributed by atoms with Crippen LogP contribution in [0.15, 0.2) is 0 Å². The number of hydrogen-bond donors (Lipinski definition) is 0. The fourth-order valence-electron chi connectivity index (χ4n) is 18.7. The maximum atomic E-state index is 13.1. The molecule has 6 atom stereocenters. The summed E-state index contributed by atoms with van der Waals surface area (Å²) >= 11 is 0. The Morgan fingerprint density at radius 1 is 0.180 bits per heavy atom. The molecule has 0 bridgehead atoms. The molecule has 0 rings (SSSR count). The van der Waals surface area contributed by atoms with E-state index in [9.17, 15) is 119 Å². The average Bonchev–Trinajstić information content (AvgIpc) is 0.757. The standard InChI is InChI=1S/C12H23F3.3C11H21F3.C10H19F3.C10H22.C9H17F3.C9H20.2C8H15F3.C7H13F3/c1-7-11(6,12(13,14)15)10(8(2)3)9(4)5;1-7(2)9(8(3)4)10(5,6)11(12,13)14;1-6-9(4,7-2)10(5,8-3)11(12,13)14;1-5-8-10(4,11(12,13)14)9(6-2)7-3;1-5-8(6-2)9(4,7-3)10(11,12)13;1-7-10(6,8-2)9(3,4)5;1-4-6-8(3,7-5-2)9(10,11)12;1-6-8(7-2)9(3,4)5;1-5-7(4,6(2)3)8(9,10)11;1-4-6-7(3,5-2)8(9,10)11;1-4-6(3,5-2)7(8,9)10/h8-10H,7H2,1-6H3;7-9H,1-6H3;6-8H2,1-5H3;9H,5-8H2,1-4H3;8H,5-7H2,1-4H3;7-8H2,1-6H3;4-7H2,1-3H3;8H,6-7H2,1-5H3;6H,5H2,1-4H3;4-6H2,1-3H3;4-5H2,1-3H3/t11-;;2*10-;9-;;;;2*7-;/m0.000...00./s1. The van der Waals surface area contributed by atoms with Gasteiger partial charge in [-0.05, 0) is 164 Å². The Hall–Kier alpha value is -1.89. The van der Waals surface area contributed by atoms with Gasteiger partial charge < -0.3 is 0 Å². The highest BCUT2D eigenvalue weighted by Gasteiger charge is 2.61. The normalized spacial score (nSPS) is 16.1. The van der Waals surface area contributed by atoms with Crippen LogP contribution in [-0.4, -0.2) is 55.6 Å².